The molecule has 8 heteroatoms. The van der Waals surface area contributed by atoms with E-state index in [1.54, 1.807) is 12.1 Å². The number of benzene rings is 1. The topological polar surface area (TPSA) is 75.6 Å². The van der Waals surface area contributed by atoms with Gasteiger partial charge in [0.25, 0.3) is 6.43 Å². The molecule has 0 radical (unpaired) electrons. The van der Waals surface area contributed by atoms with Crippen molar-refractivity contribution in [1.82, 2.24) is 9.97 Å². The van der Waals surface area contributed by atoms with Crippen LogP contribution >= 0.6 is 0 Å². The van der Waals surface area contributed by atoms with Gasteiger partial charge < -0.3 is 14.7 Å². The van der Waals surface area contributed by atoms with E-state index in [9.17, 15) is 18.7 Å². The van der Waals surface area contributed by atoms with Crippen LogP contribution < -0.4 is 9.64 Å². The summed E-state index contributed by atoms with van der Waals surface area (Å²) in [7, 11) is 1.38. The largest absolute Gasteiger partial charge is 0.483 e. The summed E-state index contributed by atoms with van der Waals surface area (Å²) in [4.78, 5) is 20.0. The van der Waals surface area contributed by atoms with Crippen molar-refractivity contribution in [3.8, 4) is 5.75 Å². The normalized spacial score (nSPS) is 10.6. The fourth-order valence-electron chi connectivity index (χ4n) is 1.94. The molecule has 1 N–H and O–H groups in total. The van der Waals surface area contributed by atoms with Crippen molar-refractivity contribution in [1.29, 1.82) is 0 Å². The third-order valence-electron chi connectivity index (χ3n) is 2.99. The Kier molecular flexibility index (Phi) is 5.40. The van der Waals surface area contributed by atoms with Gasteiger partial charge in [-0.05, 0) is 5.56 Å². The molecule has 0 atom stereocenters. The molecule has 0 unspecified atom stereocenters. The summed E-state index contributed by atoms with van der Waals surface area (Å²) >= 11 is 0. The third kappa shape index (κ3) is 4.35. The second kappa shape index (κ2) is 7.48. The summed E-state index contributed by atoms with van der Waals surface area (Å²) in [5.41, 5.74) is 0.433. The SMILES string of the molecule is CN(CC(F)F)c1ncnc(C(=O)O)c1OCc1ccccc1. The zero-order valence-corrected chi connectivity index (χ0v) is 12.3. The Morgan fingerprint density at radius 3 is 2.61 bits per heavy atom. The van der Waals surface area contributed by atoms with E-state index in [0.717, 1.165) is 16.8 Å². The van der Waals surface area contributed by atoms with Crippen LogP contribution in [0.5, 0.6) is 5.75 Å². The predicted molar refractivity (Wildman–Crippen MR) is 79.0 cm³/mol. The summed E-state index contributed by atoms with van der Waals surface area (Å²) in [6, 6.07) is 9.05. The average Bonchev–Trinajstić information content (AvgIpc) is 2.52. The predicted octanol–water partition coefficient (Wildman–Crippen LogP) is 2.46. The van der Waals surface area contributed by atoms with Gasteiger partial charge in [0.15, 0.2) is 17.3 Å². The first-order chi connectivity index (χ1) is 11.0. The highest BCUT2D eigenvalue weighted by molar-refractivity contribution is 5.90. The van der Waals surface area contributed by atoms with E-state index in [-0.39, 0.29) is 23.9 Å². The number of carboxylic acids is 1. The number of hydrogen-bond donors (Lipinski definition) is 1. The fourth-order valence-corrected chi connectivity index (χ4v) is 1.94. The molecule has 122 valence electrons. The van der Waals surface area contributed by atoms with Crippen molar-refractivity contribution in [2.45, 2.75) is 13.0 Å². The maximum absolute atomic E-state index is 12.6. The lowest BCUT2D eigenvalue weighted by Crippen LogP contribution is -2.26. The molecule has 0 bridgehead atoms. The molecule has 0 aliphatic rings. The van der Waals surface area contributed by atoms with Crippen LogP contribution in [0, 0.1) is 0 Å². The summed E-state index contributed by atoms with van der Waals surface area (Å²) in [5.74, 6) is -1.44. The van der Waals surface area contributed by atoms with Crippen LogP contribution in [0.3, 0.4) is 0 Å². The first-order valence-corrected chi connectivity index (χ1v) is 6.73. The van der Waals surface area contributed by atoms with Crippen LogP contribution in [-0.4, -0.2) is 41.1 Å². The lowest BCUT2D eigenvalue weighted by Gasteiger charge is -2.21. The highest BCUT2D eigenvalue weighted by Gasteiger charge is 2.22. The van der Waals surface area contributed by atoms with Gasteiger partial charge in [0.2, 0.25) is 0 Å². The van der Waals surface area contributed by atoms with E-state index in [2.05, 4.69) is 9.97 Å². The maximum atomic E-state index is 12.6. The second-order valence-electron chi connectivity index (χ2n) is 4.73. The Labute approximate surface area is 131 Å². The minimum atomic E-state index is -2.59. The lowest BCUT2D eigenvalue weighted by molar-refractivity contribution is 0.0684. The van der Waals surface area contributed by atoms with E-state index in [0.29, 0.717) is 0 Å². The smallest absolute Gasteiger partial charge is 0.358 e. The molecule has 0 spiro atoms. The molecule has 1 aromatic heterocycles. The van der Waals surface area contributed by atoms with Crippen LogP contribution in [-0.2, 0) is 6.61 Å². The van der Waals surface area contributed by atoms with E-state index in [1.807, 2.05) is 18.2 Å². The molecular formula is C15H15F2N3O3. The van der Waals surface area contributed by atoms with E-state index in [1.165, 1.54) is 7.05 Å². The van der Waals surface area contributed by atoms with Crippen molar-refractivity contribution >= 4 is 11.8 Å². The van der Waals surface area contributed by atoms with E-state index in [4.69, 9.17) is 4.74 Å². The quantitative estimate of drug-likeness (QED) is 0.843. The Morgan fingerprint density at radius 2 is 2.00 bits per heavy atom. The summed E-state index contributed by atoms with van der Waals surface area (Å²) in [6.07, 6.45) is -1.58. The number of carboxylic acid groups (broad SMARTS) is 1. The molecule has 0 aliphatic heterocycles. The number of ether oxygens (including phenoxy) is 1. The highest BCUT2D eigenvalue weighted by Crippen LogP contribution is 2.29. The molecule has 1 heterocycles. The van der Waals surface area contributed by atoms with E-state index < -0.39 is 18.9 Å². The van der Waals surface area contributed by atoms with Gasteiger partial charge in [0.05, 0.1) is 6.54 Å². The van der Waals surface area contributed by atoms with Gasteiger partial charge in [-0.15, -0.1) is 0 Å². The number of halogens is 2. The number of aromatic carboxylic acids is 1. The minimum Gasteiger partial charge on any atom is -0.483 e. The molecule has 23 heavy (non-hydrogen) atoms. The van der Waals surface area contributed by atoms with Gasteiger partial charge in [-0.25, -0.2) is 23.5 Å². The van der Waals surface area contributed by atoms with Crippen molar-refractivity contribution in [2.24, 2.45) is 0 Å². The van der Waals surface area contributed by atoms with Gasteiger partial charge >= 0.3 is 5.97 Å². The van der Waals surface area contributed by atoms with Gasteiger partial charge in [-0.3, -0.25) is 0 Å². The van der Waals surface area contributed by atoms with E-state index >= 15 is 0 Å². The number of aromatic nitrogens is 2. The van der Waals surface area contributed by atoms with Crippen molar-refractivity contribution in [3.63, 3.8) is 0 Å². The zero-order valence-electron chi connectivity index (χ0n) is 12.3. The number of rotatable bonds is 7. The maximum Gasteiger partial charge on any atom is 0.358 e. The van der Waals surface area contributed by atoms with Crippen molar-refractivity contribution < 1.29 is 23.4 Å². The molecular weight excluding hydrogens is 308 g/mol. The number of hydrogen-bond acceptors (Lipinski definition) is 5. The van der Waals surface area contributed by atoms with Crippen LogP contribution in [0.25, 0.3) is 0 Å². The molecule has 0 saturated heterocycles. The first-order valence-electron chi connectivity index (χ1n) is 6.73. The molecule has 0 amide bonds. The molecule has 2 rings (SSSR count). The number of carbonyl (C=O) groups is 1. The Balaban J connectivity index is 2.31. The van der Waals surface area contributed by atoms with Gasteiger partial charge in [0.1, 0.15) is 12.9 Å². The monoisotopic (exact) mass is 323 g/mol. The van der Waals surface area contributed by atoms with Crippen molar-refractivity contribution in [2.75, 3.05) is 18.5 Å². The number of anilines is 1. The zero-order chi connectivity index (χ0) is 16.8. The first kappa shape index (κ1) is 16.6. The van der Waals surface area contributed by atoms with Crippen molar-refractivity contribution in [3.05, 3.63) is 47.9 Å². The van der Waals surface area contributed by atoms with Crippen LogP contribution in [0.1, 0.15) is 16.1 Å². The number of alkyl halides is 2. The van der Waals surface area contributed by atoms with Gasteiger partial charge in [0, 0.05) is 7.05 Å². The Hall–Kier alpha value is -2.77. The van der Waals surface area contributed by atoms with Crippen LogP contribution in [0.15, 0.2) is 36.7 Å². The summed E-state index contributed by atoms with van der Waals surface area (Å²) in [5, 5.41) is 9.21. The Morgan fingerprint density at radius 1 is 1.30 bits per heavy atom. The second-order valence-corrected chi connectivity index (χ2v) is 4.73. The van der Waals surface area contributed by atoms with Gasteiger partial charge in [-0.1, -0.05) is 30.3 Å². The van der Waals surface area contributed by atoms with Gasteiger partial charge in [-0.2, -0.15) is 0 Å². The minimum absolute atomic E-state index is 0.00799. The standard InChI is InChI=1S/C15H15F2N3O3/c1-20(7-11(16)17)14-13(12(15(21)22)18-9-19-14)23-8-10-5-3-2-4-6-10/h2-6,9,11H,7-8H2,1H3,(H,21,22). The molecule has 2 aromatic rings. The Bertz CT molecular complexity index is 668. The summed E-state index contributed by atoms with van der Waals surface area (Å²) < 4.78 is 30.7. The fraction of sp³-hybridized carbons (Fsp3) is 0.267. The highest BCUT2D eigenvalue weighted by atomic mass is 19.3. The summed E-state index contributed by atoms with van der Waals surface area (Å²) in [6.45, 7) is -0.526. The molecule has 0 saturated carbocycles. The average molecular weight is 323 g/mol. The van der Waals surface area contributed by atoms with Crippen LogP contribution in [0.2, 0.25) is 0 Å². The molecule has 0 fully saturated rings. The molecule has 1 aromatic carbocycles. The number of nitrogens with zero attached hydrogens (tertiary/aromatic N) is 3. The lowest BCUT2D eigenvalue weighted by atomic mass is 10.2. The van der Waals surface area contributed by atoms with Crippen LogP contribution in [0.4, 0.5) is 14.6 Å². The molecule has 0 aliphatic carbocycles. The molecule has 6 nitrogen and oxygen atoms in total. The third-order valence-corrected chi connectivity index (χ3v) is 2.99.